The highest BCUT2D eigenvalue weighted by Crippen LogP contribution is 2.22. The number of hydrogen-bond donors (Lipinski definition) is 1. The van der Waals surface area contributed by atoms with Gasteiger partial charge in [-0.3, -0.25) is 9.69 Å². The van der Waals surface area contributed by atoms with Gasteiger partial charge < -0.3 is 14.8 Å². The molecule has 0 aliphatic carbocycles. The van der Waals surface area contributed by atoms with Crippen LogP contribution in [0.25, 0.3) is 0 Å². The molecule has 1 saturated heterocycles. The van der Waals surface area contributed by atoms with E-state index in [1.807, 2.05) is 0 Å². The number of rotatable bonds is 8. The molecule has 1 fully saturated rings. The Hall–Kier alpha value is -1.86. The molecule has 2 rings (SSSR count). The van der Waals surface area contributed by atoms with Crippen molar-refractivity contribution in [1.29, 1.82) is 0 Å². The zero-order valence-electron chi connectivity index (χ0n) is 14.4. The summed E-state index contributed by atoms with van der Waals surface area (Å²) in [6.45, 7) is 8.24. The van der Waals surface area contributed by atoms with Crippen LogP contribution < -0.4 is 10.1 Å². The Kier molecular flexibility index (Phi) is 7.27. The molecule has 0 radical (unpaired) electrons. The van der Waals surface area contributed by atoms with Crippen LogP contribution in [0.15, 0.2) is 30.4 Å². The number of aromatic nitrogens is 1. The molecule has 7 heteroatoms. The number of allylic oxidation sites excluding steroid dienone is 1. The van der Waals surface area contributed by atoms with Gasteiger partial charge in [-0.05, 0) is 26.7 Å². The lowest BCUT2D eigenvalue weighted by molar-refractivity contribution is 0.0958. The predicted molar refractivity (Wildman–Crippen MR) is 95.0 cm³/mol. The first-order valence-electron chi connectivity index (χ1n) is 8.21. The summed E-state index contributed by atoms with van der Waals surface area (Å²) in [6, 6.07) is 0.429. The molecule has 0 bridgehead atoms. The first-order valence-corrected chi connectivity index (χ1v) is 9.03. The largest absolute Gasteiger partial charge is 0.478 e. The molecule has 132 valence electrons. The minimum absolute atomic E-state index is 0.122. The number of ether oxygens (including phenoxy) is 2. The van der Waals surface area contributed by atoms with Crippen LogP contribution in [-0.4, -0.2) is 41.7 Å². The molecule has 1 amide bonds. The number of carbonyl (C=O) groups is 1. The van der Waals surface area contributed by atoms with E-state index in [-0.39, 0.29) is 5.91 Å². The van der Waals surface area contributed by atoms with Crippen molar-refractivity contribution >= 4 is 17.2 Å². The third kappa shape index (κ3) is 5.65. The summed E-state index contributed by atoms with van der Waals surface area (Å²) in [7, 11) is 0. The second kappa shape index (κ2) is 9.44. The maximum Gasteiger partial charge on any atom is 0.278 e. The van der Waals surface area contributed by atoms with Crippen LogP contribution in [0.2, 0.25) is 0 Å². The van der Waals surface area contributed by atoms with Gasteiger partial charge in [0, 0.05) is 12.6 Å². The van der Waals surface area contributed by atoms with Crippen molar-refractivity contribution in [2.45, 2.75) is 39.7 Å². The fourth-order valence-corrected chi connectivity index (χ4v) is 2.69. The second-order valence-corrected chi connectivity index (χ2v) is 6.72. The van der Waals surface area contributed by atoms with Crippen LogP contribution in [0.4, 0.5) is 0 Å². The average Bonchev–Trinajstić information content (AvgIpc) is 3.22. The first kappa shape index (κ1) is 18.5. The molecule has 0 spiro atoms. The van der Waals surface area contributed by atoms with Crippen LogP contribution in [0.3, 0.4) is 0 Å². The van der Waals surface area contributed by atoms with Gasteiger partial charge in [0.2, 0.25) is 0 Å². The summed E-state index contributed by atoms with van der Waals surface area (Å²) < 4.78 is 11.1. The second-order valence-electron chi connectivity index (χ2n) is 5.73. The Morgan fingerprint density at radius 3 is 3.08 bits per heavy atom. The fourth-order valence-electron chi connectivity index (χ4n) is 2.03. The Bertz CT molecular complexity index is 596. The maximum absolute atomic E-state index is 12.0. The normalized spacial score (nSPS) is 16.9. The topological polar surface area (TPSA) is 63.7 Å². The van der Waals surface area contributed by atoms with Crippen molar-refractivity contribution in [3.05, 3.63) is 35.2 Å². The molecule has 0 saturated carbocycles. The molecule has 0 aromatic carbocycles. The van der Waals surface area contributed by atoms with Crippen LogP contribution in [0, 0.1) is 0 Å². The van der Waals surface area contributed by atoms with Gasteiger partial charge in [-0.15, -0.1) is 0 Å². The zero-order chi connectivity index (χ0) is 17.4. The van der Waals surface area contributed by atoms with Gasteiger partial charge in [0.05, 0.1) is 12.7 Å². The lowest BCUT2D eigenvalue weighted by Crippen LogP contribution is -2.27. The van der Waals surface area contributed by atoms with Gasteiger partial charge in [0.15, 0.2) is 0 Å². The van der Waals surface area contributed by atoms with E-state index in [4.69, 9.17) is 9.47 Å². The monoisotopic (exact) mass is 351 g/mol. The van der Waals surface area contributed by atoms with E-state index in [0.29, 0.717) is 29.4 Å². The molecule has 0 unspecified atom stereocenters. The summed E-state index contributed by atoms with van der Waals surface area (Å²) in [5.74, 6) is 0.649. The molecule has 1 N–H and O–H groups in total. The minimum Gasteiger partial charge on any atom is -0.478 e. The smallest absolute Gasteiger partial charge is 0.278 e. The molecule has 1 aromatic heterocycles. The van der Waals surface area contributed by atoms with E-state index in [1.165, 1.54) is 17.5 Å². The number of hydrogen-bond acceptors (Lipinski definition) is 6. The van der Waals surface area contributed by atoms with Crippen molar-refractivity contribution in [3.8, 4) is 5.19 Å². The third-order valence-corrected chi connectivity index (χ3v) is 4.39. The number of nitrogens with zero attached hydrogens (tertiary/aromatic N) is 2. The van der Waals surface area contributed by atoms with Gasteiger partial charge in [0.1, 0.15) is 23.6 Å². The van der Waals surface area contributed by atoms with Gasteiger partial charge >= 0.3 is 0 Å². The van der Waals surface area contributed by atoms with Crippen molar-refractivity contribution < 1.29 is 14.3 Å². The highest BCUT2D eigenvalue weighted by molar-refractivity contribution is 7.15. The van der Waals surface area contributed by atoms with Gasteiger partial charge in [-0.2, -0.15) is 0 Å². The van der Waals surface area contributed by atoms with E-state index in [9.17, 15) is 4.79 Å². The summed E-state index contributed by atoms with van der Waals surface area (Å²) in [5.41, 5.74) is 0. The lowest BCUT2D eigenvalue weighted by atomic mass is 10.3. The molecule has 2 heterocycles. The van der Waals surface area contributed by atoms with E-state index >= 15 is 0 Å². The van der Waals surface area contributed by atoms with Gasteiger partial charge in [-0.25, -0.2) is 4.98 Å². The lowest BCUT2D eigenvalue weighted by Gasteiger charge is -2.15. The van der Waals surface area contributed by atoms with Gasteiger partial charge in [0.25, 0.3) is 11.1 Å². The maximum atomic E-state index is 12.0. The zero-order valence-corrected chi connectivity index (χ0v) is 15.3. The number of thiazole rings is 1. The minimum atomic E-state index is -0.122. The van der Waals surface area contributed by atoms with Crippen molar-refractivity contribution in [1.82, 2.24) is 15.2 Å². The molecular formula is C17H25N3O3S. The molecule has 0 atom stereocenters. The Balaban J connectivity index is 1.78. The van der Waals surface area contributed by atoms with E-state index in [1.54, 1.807) is 6.26 Å². The third-order valence-electron chi connectivity index (χ3n) is 3.50. The van der Waals surface area contributed by atoms with Crippen LogP contribution in [0.5, 0.6) is 5.19 Å². The summed E-state index contributed by atoms with van der Waals surface area (Å²) in [4.78, 5) is 18.8. The SMILES string of the molecule is CC/C=C/CCNC(=O)c1cnc(OC=C2CN(C(C)C)CO2)s1. The van der Waals surface area contributed by atoms with Gasteiger partial charge in [-0.1, -0.05) is 30.4 Å². The fraction of sp³-hybridized carbons (Fsp3) is 0.529. The Morgan fingerprint density at radius 2 is 2.38 bits per heavy atom. The number of nitrogens with one attached hydrogen (secondary N) is 1. The first-order chi connectivity index (χ1) is 11.6. The van der Waals surface area contributed by atoms with Crippen molar-refractivity contribution in [2.24, 2.45) is 0 Å². The van der Waals surface area contributed by atoms with E-state index in [2.05, 4.69) is 48.1 Å². The molecular weight excluding hydrogens is 326 g/mol. The van der Waals surface area contributed by atoms with Crippen LogP contribution >= 0.6 is 11.3 Å². The van der Waals surface area contributed by atoms with Crippen molar-refractivity contribution in [2.75, 3.05) is 19.8 Å². The Morgan fingerprint density at radius 1 is 1.54 bits per heavy atom. The van der Waals surface area contributed by atoms with E-state index in [0.717, 1.165) is 25.1 Å². The highest BCUT2D eigenvalue weighted by Gasteiger charge is 2.20. The van der Waals surface area contributed by atoms with E-state index < -0.39 is 0 Å². The number of carbonyl (C=O) groups excluding carboxylic acids is 1. The van der Waals surface area contributed by atoms with Crippen LogP contribution in [-0.2, 0) is 4.74 Å². The average molecular weight is 351 g/mol. The molecule has 1 aliphatic heterocycles. The predicted octanol–water partition coefficient (Wildman–Crippen LogP) is 3.15. The molecule has 24 heavy (non-hydrogen) atoms. The summed E-state index contributed by atoms with van der Waals surface area (Å²) >= 11 is 1.22. The summed E-state index contributed by atoms with van der Waals surface area (Å²) in [6.07, 6.45) is 9.10. The molecule has 6 nitrogen and oxygen atoms in total. The Labute approximate surface area is 147 Å². The van der Waals surface area contributed by atoms with Crippen LogP contribution in [0.1, 0.15) is 43.3 Å². The quantitative estimate of drug-likeness (QED) is 0.443. The number of amides is 1. The standard InChI is InChI=1S/C17H25N3O3S/c1-4-5-6-7-8-18-16(21)15-9-19-17(24-15)22-11-14-10-20(12-23-14)13(2)3/h5-6,9,11,13H,4,7-8,10,12H2,1-3H3,(H,18,21)/b6-5+,14-11?. The van der Waals surface area contributed by atoms with Crippen molar-refractivity contribution in [3.63, 3.8) is 0 Å². The molecule has 1 aliphatic rings. The molecule has 1 aromatic rings. The summed E-state index contributed by atoms with van der Waals surface area (Å²) in [5, 5.41) is 3.30. The highest BCUT2D eigenvalue weighted by atomic mass is 32.1.